The Balaban J connectivity index is 2.04. The van der Waals surface area contributed by atoms with Gasteiger partial charge in [0, 0.05) is 18.8 Å². The largest absolute Gasteiger partial charge is 0.376 e. The van der Waals surface area contributed by atoms with Crippen LogP contribution in [0.2, 0.25) is 0 Å². The monoisotopic (exact) mass is 299 g/mol. The summed E-state index contributed by atoms with van der Waals surface area (Å²) in [6.07, 6.45) is 1.91. The highest BCUT2D eigenvalue weighted by Gasteiger charge is 2.25. The van der Waals surface area contributed by atoms with Crippen LogP contribution in [0.5, 0.6) is 0 Å². The first kappa shape index (κ1) is 14.2. The average Bonchev–Trinajstić information content (AvgIpc) is 2.85. The molecule has 0 atom stereocenters. The van der Waals surface area contributed by atoms with Gasteiger partial charge in [-0.25, -0.2) is 12.7 Å². The second-order valence-corrected chi connectivity index (χ2v) is 6.96. The molecule has 0 saturated carbocycles. The van der Waals surface area contributed by atoms with Crippen LogP contribution in [0.1, 0.15) is 18.4 Å². The smallest absolute Gasteiger partial charge is 0.218 e. The molecule has 1 saturated heterocycles. The lowest BCUT2D eigenvalue weighted by molar-refractivity contribution is 0.476. The second kappa shape index (κ2) is 5.85. The van der Waals surface area contributed by atoms with Gasteiger partial charge in [0.05, 0.1) is 5.75 Å². The molecule has 0 aliphatic carbocycles. The Morgan fingerprint density at radius 2 is 1.84 bits per heavy atom. The number of nitrogens with zero attached hydrogens (tertiary/aromatic N) is 1. The van der Waals surface area contributed by atoms with Crippen LogP contribution in [0.3, 0.4) is 0 Å². The summed E-state index contributed by atoms with van der Waals surface area (Å²) in [6.45, 7) is 1.28. The molecule has 0 radical (unpaired) electrons. The molecular formula is C12H17N3O2S2. The van der Waals surface area contributed by atoms with Crippen molar-refractivity contribution in [2.75, 3.05) is 18.4 Å². The van der Waals surface area contributed by atoms with E-state index in [-0.39, 0.29) is 10.9 Å². The molecule has 0 aromatic heterocycles. The Bertz CT molecular complexity index is 549. The number of hydrogen-bond acceptors (Lipinski definition) is 3. The Morgan fingerprint density at radius 1 is 1.26 bits per heavy atom. The summed E-state index contributed by atoms with van der Waals surface area (Å²) in [5.41, 5.74) is 6.89. The van der Waals surface area contributed by atoms with E-state index in [2.05, 4.69) is 5.32 Å². The first-order valence-electron chi connectivity index (χ1n) is 6.10. The van der Waals surface area contributed by atoms with Gasteiger partial charge in [0.15, 0.2) is 5.11 Å². The van der Waals surface area contributed by atoms with Crippen molar-refractivity contribution >= 4 is 33.0 Å². The lowest BCUT2D eigenvalue weighted by Crippen LogP contribution is -2.29. The minimum atomic E-state index is -3.19. The van der Waals surface area contributed by atoms with Crippen molar-refractivity contribution in [1.82, 2.24) is 4.31 Å². The zero-order valence-corrected chi connectivity index (χ0v) is 12.1. The first-order chi connectivity index (χ1) is 8.97. The molecule has 1 aliphatic heterocycles. The Kier molecular flexibility index (Phi) is 4.38. The number of nitrogens with two attached hydrogens (primary N) is 1. The van der Waals surface area contributed by atoms with E-state index in [4.69, 9.17) is 18.0 Å². The van der Waals surface area contributed by atoms with Crippen LogP contribution in [-0.2, 0) is 15.8 Å². The molecule has 1 aliphatic rings. The van der Waals surface area contributed by atoms with E-state index in [1.54, 1.807) is 28.6 Å². The highest BCUT2D eigenvalue weighted by Crippen LogP contribution is 2.18. The van der Waals surface area contributed by atoms with Crippen molar-refractivity contribution in [2.24, 2.45) is 5.73 Å². The van der Waals surface area contributed by atoms with E-state index in [1.807, 2.05) is 0 Å². The summed E-state index contributed by atoms with van der Waals surface area (Å²) in [5.74, 6) is 0.0420. The maximum Gasteiger partial charge on any atom is 0.218 e. The fourth-order valence-electron chi connectivity index (χ4n) is 2.09. The Hall–Kier alpha value is -1.18. The van der Waals surface area contributed by atoms with E-state index in [0.29, 0.717) is 13.1 Å². The first-order valence-corrected chi connectivity index (χ1v) is 8.12. The van der Waals surface area contributed by atoms with Crippen molar-refractivity contribution in [1.29, 1.82) is 0 Å². The van der Waals surface area contributed by atoms with Crippen LogP contribution in [0.15, 0.2) is 24.3 Å². The molecule has 2 rings (SSSR count). The van der Waals surface area contributed by atoms with Crippen LogP contribution in [0.4, 0.5) is 5.69 Å². The minimum Gasteiger partial charge on any atom is -0.376 e. The quantitative estimate of drug-likeness (QED) is 0.819. The van der Waals surface area contributed by atoms with Gasteiger partial charge in [-0.1, -0.05) is 12.1 Å². The van der Waals surface area contributed by atoms with E-state index in [9.17, 15) is 8.42 Å². The highest BCUT2D eigenvalue weighted by molar-refractivity contribution is 7.88. The van der Waals surface area contributed by atoms with Crippen molar-refractivity contribution in [3.05, 3.63) is 29.8 Å². The van der Waals surface area contributed by atoms with Crippen LogP contribution in [0.25, 0.3) is 0 Å². The zero-order chi connectivity index (χ0) is 13.9. The predicted molar refractivity (Wildman–Crippen MR) is 80.3 cm³/mol. The van der Waals surface area contributed by atoms with Crippen molar-refractivity contribution < 1.29 is 8.42 Å². The van der Waals surface area contributed by atoms with Gasteiger partial charge >= 0.3 is 0 Å². The number of benzene rings is 1. The Morgan fingerprint density at radius 3 is 2.37 bits per heavy atom. The fourth-order valence-corrected chi connectivity index (χ4v) is 3.82. The number of rotatable bonds is 4. The van der Waals surface area contributed by atoms with Crippen LogP contribution in [0, 0.1) is 0 Å². The van der Waals surface area contributed by atoms with Gasteiger partial charge in [0.1, 0.15) is 0 Å². The summed E-state index contributed by atoms with van der Waals surface area (Å²) in [7, 11) is -3.19. The molecule has 104 valence electrons. The molecule has 3 N–H and O–H groups in total. The molecule has 19 heavy (non-hydrogen) atoms. The van der Waals surface area contributed by atoms with Crippen molar-refractivity contribution in [3.8, 4) is 0 Å². The lowest BCUT2D eigenvalue weighted by Gasteiger charge is -2.15. The molecule has 1 aromatic rings. The normalized spacial score (nSPS) is 16.4. The zero-order valence-electron chi connectivity index (χ0n) is 10.5. The molecule has 0 amide bonds. The third-order valence-corrected chi connectivity index (χ3v) is 4.98. The molecule has 0 spiro atoms. The van der Waals surface area contributed by atoms with Gasteiger partial charge in [0.25, 0.3) is 0 Å². The van der Waals surface area contributed by atoms with E-state index >= 15 is 0 Å². The van der Waals surface area contributed by atoms with Gasteiger partial charge in [-0.2, -0.15) is 0 Å². The number of thiocarbonyl (C=S) groups is 1. The van der Waals surface area contributed by atoms with Crippen molar-refractivity contribution in [2.45, 2.75) is 18.6 Å². The minimum absolute atomic E-state index is 0.0420. The summed E-state index contributed by atoms with van der Waals surface area (Å²) in [5, 5.41) is 2.99. The van der Waals surface area contributed by atoms with Gasteiger partial charge in [-0.3, -0.25) is 0 Å². The number of sulfonamides is 1. The predicted octanol–water partition coefficient (Wildman–Crippen LogP) is 1.27. The number of nitrogens with one attached hydrogen (secondary N) is 1. The molecule has 0 bridgehead atoms. The molecule has 1 aromatic carbocycles. The number of hydrogen-bond donors (Lipinski definition) is 2. The van der Waals surface area contributed by atoms with E-state index < -0.39 is 10.0 Å². The highest BCUT2D eigenvalue weighted by atomic mass is 32.2. The molecule has 1 heterocycles. The summed E-state index contributed by atoms with van der Waals surface area (Å²) in [4.78, 5) is 0. The summed E-state index contributed by atoms with van der Waals surface area (Å²) >= 11 is 4.73. The van der Waals surface area contributed by atoms with Crippen LogP contribution < -0.4 is 11.1 Å². The fraction of sp³-hybridized carbons (Fsp3) is 0.417. The SMILES string of the molecule is NC(=S)Nc1ccc(CS(=O)(=O)N2CCCC2)cc1. The Labute approximate surface area is 118 Å². The van der Waals surface area contributed by atoms with E-state index in [1.165, 1.54) is 0 Å². The maximum absolute atomic E-state index is 12.1. The molecule has 7 heteroatoms. The molecule has 1 fully saturated rings. The third-order valence-electron chi connectivity index (χ3n) is 3.03. The van der Waals surface area contributed by atoms with E-state index in [0.717, 1.165) is 24.1 Å². The summed E-state index contributed by atoms with van der Waals surface area (Å²) < 4.78 is 25.8. The van der Waals surface area contributed by atoms with Crippen LogP contribution >= 0.6 is 12.2 Å². The standard InChI is InChI=1S/C12H17N3O2S2/c13-12(18)14-11-5-3-10(4-6-11)9-19(16,17)15-7-1-2-8-15/h3-6H,1-2,7-9H2,(H3,13,14,18). The van der Waals surface area contributed by atoms with Gasteiger partial charge < -0.3 is 11.1 Å². The van der Waals surface area contributed by atoms with Gasteiger partial charge in [0.2, 0.25) is 10.0 Å². The summed E-state index contributed by atoms with van der Waals surface area (Å²) in [6, 6.07) is 7.09. The lowest BCUT2D eigenvalue weighted by atomic mass is 10.2. The molecular weight excluding hydrogens is 282 g/mol. The number of anilines is 1. The topological polar surface area (TPSA) is 75.4 Å². The maximum atomic E-state index is 12.1. The average molecular weight is 299 g/mol. The molecule has 0 unspecified atom stereocenters. The van der Waals surface area contributed by atoms with Gasteiger partial charge in [-0.15, -0.1) is 0 Å². The van der Waals surface area contributed by atoms with Crippen LogP contribution in [-0.4, -0.2) is 30.9 Å². The second-order valence-electron chi connectivity index (χ2n) is 4.55. The third kappa shape index (κ3) is 3.89. The van der Waals surface area contributed by atoms with Gasteiger partial charge in [-0.05, 0) is 42.8 Å². The van der Waals surface area contributed by atoms with Crippen molar-refractivity contribution in [3.63, 3.8) is 0 Å². The molecule has 5 nitrogen and oxygen atoms in total.